The van der Waals surface area contributed by atoms with Crippen LogP contribution in [0.25, 0.3) is 11.3 Å². The molecule has 0 N–H and O–H groups in total. The molecule has 0 spiro atoms. The summed E-state index contributed by atoms with van der Waals surface area (Å²) in [5.74, 6) is -1.29. The summed E-state index contributed by atoms with van der Waals surface area (Å²) in [6.07, 6.45) is 1.55. The van der Waals surface area contributed by atoms with Crippen LogP contribution < -0.4 is 0 Å². The molecule has 125 valence electrons. The summed E-state index contributed by atoms with van der Waals surface area (Å²) >= 11 is 1.61. The van der Waals surface area contributed by atoms with Crippen molar-refractivity contribution in [1.29, 1.82) is 0 Å². The molecule has 0 unspecified atom stereocenters. The molecule has 2 aromatic rings. The topological polar surface area (TPSA) is 25.4 Å². The zero-order valence-electron chi connectivity index (χ0n) is 12.3. The van der Waals surface area contributed by atoms with Crippen LogP contribution in [0.4, 0.5) is 8.78 Å². The minimum atomic E-state index is -0.649. The van der Waals surface area contributed by atoms with Crippen molar-refractivity contribution in [2.75, 3.05) is 21.2 Å². The predicted molar refractivity (Wildman–Crippen MR) is 79.3 cm³/mol. The van der Waals surface area contributed by atoms with E-state index in [2.05, 4.69) is 25.2 Å². The van der Waals surface area contributed by atoms with Crippen molar-refractivity contribution in [1.82, 2.24) is 9.88 Å². The van der Waals surface area contributed by atoms with Gasteiger partial charge in [0, 0.05) is 24.9 Å². The molecule has 0 radical (unpaired) electrons. The van der Waals surface area contributed by atoms with Crippen LogP contribution in [0.5, 0.6) is 0 Å². The molecule has 0 aliphatic rings. The second-order valence-electron chi connectivity index (χ2n) is 4.06. The first kappa shape index (κ1) is 21.1. The van der Waals surface area contributed by atoms with Crippen LogP contribution in [0.1, 0.15) is 0 Å². The van der Waals surface area contributed by atoms with Crippen LogP contribution in [-0.4, -0.2) is 31.1 Å². The Morgan fingerprint density at radius 1 is 1.32 bits per heavy atom. The Kier molecular flexibility index (Phi) is 12.1. The van der Waals surface area contributed by atoms with Crippen LogP contribution in [0.2, 0.25) is 0 Å². The van der Waals surface area contributed by atoms with Crippen LogP contribution in [0.15, 0.2) is 36.5 Å². The van der Waals surface area contributed by atoms with Crippen molar-refractivity contribution < 1.29 is 32.3 Å². The number of nitrogens with zero attached hydrogens (tertiary/aromatic N) is 2. The number of hydrogen-bond donors (Lipinski definition) is 0. The summed E-state index contributed by atoms with van der Waals surface area (Å²) < 4.78 is 30.4. The van der Waals surface area contributed by atoms with E-state index in [-0.39, 0.29) is 5.56 Å². The van der Waals surface area contributed by atoms with Gasteiger partial charge in [-0.2, -0.15) is 6.73 Å². The van der Waals surface area contributed by atoms with Crippen molar-refractivity contribution in [2.24, 2.45) is 0 Å². The molecule has 0 saturated carbocycles. The van der Waals surface area contributed by atoms with Gasteiger partial charge in [-0.15, -0.1) is 12.1 Å². The number of ether oxygens (including phenoxy) is 1. The minimum absolute atomic E-state index is 0.187. The first-order valence-corrected chi connectivity index (χ1v) is 8.78. The van der Waals surface area contributed by atoms with Gasteiger partial charge in [-0.3, -0.25) is 8.78 Å². The monoisotopic (exact) mass is 508 g/mol. The van der Waals surface area contributed by atoms with E-state index in [0.29, 0.717) is 5.69 Å². The number of rotatable bonds is 3. The summed E-state index contributed by atoms with van der Waals surface area (Å²) in [4.78, 5) is 5.78. The van der Waals surface area contributed by atoms with Crippen molar-refractivity contribution in [3.05, 3.63) is 61.0 Å². The van der Waals surface area contributed by atoms with E-state index in [1.165, 1.54) is 0 Å². The van der Waals surface area contributed by atoms with Gasteiger partial charge >= 0.3 is 28.2 Å². The third-order valence-corrected chi connectivity index (χ3v) is 2.10. The van der Waals surface area contributed by atoms with Crippen LogP contribution in [0.3, 0.4) is 0 Å². The Morgan fingerprint density at radius 2 is 2.00 bits per heavy atom. The van der Waals surface area contributed by atoms with Crippen LogP contribution in [0, 0.1) is 24.4 Å². The van der Waals surface area contributed by atoms with Gasteiger partial charge < -0.3 is 14.6 Å². The molecular weight excluding hydrogens is 493 g/mol. The number of aromatic nitrogens is 1. The molecular formula is C15H16ClF2N2OPt-2. The molecule has 0 amide bonds. The molecule has 0 fully saturated rings. The van der Waals surface area contributed by atoms with Gasteiger partial charge in [-0.25, -0.2) is 0 Å². The molecule has 1 heterocycles. The van der Waals surface area contributed by atoms with Crippen molar-refractivity contribution in [3.8, 4) is 11.3 Å². The van der Waals surface area contributed by atoms with E-state index in [0.717, 1.165) is 12.1 Å². The molecule has 1 aromatic heterocycles. The van der Waals surface area contributed by atoms with E-state index in [1.54, 1.807) is 57.0 Å². The van der Waals surface area contributed by atoms with E-state index in [9.17, 15) is 8.78 Å². The van der Waals surface area contributed by atoms with Gasteiger partial charge in [0.1, 0.15) is 0 Å². The fraction of sp³-hybridized carbons (Fsp3) is 0.200. The summed E-state index contributed by atoms with van der Waals surface area (Å²) in [6.45, 7) is 1.62. The van der Waals surface area contributed by atoms with Gasteiger partial charge in [0.15, 0.2) is 0 Å². The molecule has 0 aliphatic heterocycles. The molecule has 2 rings (SSSR count). The van der Waals surface area contributed by atoms with E-state index >= 15 is 0 Å². The van der Waals surface area contributed by atoms with Crippen molar-refractivity contribution in [2.45, 2.75) is 0 Å². The van der Waals surface area contributed by atoms with Crippen molar-refractivity contribution >= 4 is 9.42 Å². The number of methoxy groups -OCH3 is 1. The van der Waals surface area contributed by atoms with Gasteiger partial charge in [0.25, 0.3) is 0 Å². The number of hydrogen-bond acceptors (Lipinski definition) is 3. The summed E-state index contributed by atoms with van der Waals surface area (Å²) in [7, 11) is 10.0. The third-order valence-electron chi connectivity index (χ3n) is 2.10. The first-order chi connectivity index (χ1) is 10.5. The quantitative estimate of drug-likeness (QED) is 0.590. The molecule has 3 nitrogen and oxygen atoms in total. The SMILES string of the molecule is CO[CH-]N(C)C.Fc1c[c-]c(-c2ccccn2)c(F)c1.[Cl][Pt]. The van der Waals surface area contributed by atoms with E-state index < -0.39 is 11.6 Å². The summed E-state index contributed by atoms with van der Waals surface area (Å²) in [6, 6.07) is 9.53. The zero-order chi connectivity index (χ0) is 17.0. The fourth-order valence-electron chi connectivity index (χ4n) is 1.36. The summed E-state index contributed by atoms with van der Waals surface area (Å²) in [5.41, 5.74) is 0.636. The first-order valence-electron chi connectivity index (χ1n) is 5.97. The standard InChI is InChI=1S/C11H6F2N.C4H10NO.ClH.Pt/c12-8-4-5-9(10(13)7-8)11-3-1-2-6-14-11;1-5(2)4-6-3;;/h1-4,6-7H;4H,1-3H3;1H;/q2*-1;;+1/p-1. The van der Waals surface area contributed by atoms with Gasteiger partial charge in [-0.05, 0) is 25.9 Å². The molecule has 0 saturated heterocycles. The fourth-order valence-corrected chi connectivity index (χ4v) is 1.36. The summed E-state index contributed by atoms with van der Waals surface area (Å²) in [5, 5.41) is 0. The second kappa shape index (κ2) is 12.7. The van der Waals surface area contributed by atoms with Gasteiger partial charge in [0.05, 0.1) is 0 Å². The van der Waals surface area contributed by atoms with Crippen LogP contribution >= 0.6 is 9.42 Å². The normalized spacial score (nSPS) is 9.50. The molecule has 7 heteroatoms. The molecule has 0 bridgehead atoms. The van der Waals surface area contributed by atoms with Gasteiger partial charge in [-0.1, -0.05) is 23.8 Å². The third kappa shape index (κ3) is 8.54. The maximum absolute atomic E-state index is 13.2. The number of pyridine rings is 1. The number of benzene rings is 1. The predicted octanol–water partition coefficient (Wildman–Crippen LogP) is 3.83. The van der Waals surface area contributed by atoms with Gasteiger partial charge in [0.2, 0.25) is 0 Å². The Morgan fingerprint density at radius 3 is 2.41 bits per heavy atom. The Balaban J connectivity index is 0.000000470. The average Bonchev–Trinajstić information content (AvgIpc) is 2.50. The Bertz CT molecular complexity index is 530. The molecule has 22 heavy (non-hydrogen) atoms. The van der Waals surface area contributed by atoms with Crippen molar-refractivity contribution in [3.63, 3.8) is 0 Å². The zero-order valence-corrected chi connectivity index (χ0v) is 15.3. The second-order valence-corrected chi connectivity index (χ2v) is 4.06. The van der Waals surface area contributed by atoms with Crippen LogP contribution in [-0.2, 0) is 23.5 Å². The Labute approximate surface area is 145 Å². The Hall–Kier alpha value is -0.872. The number of halogens is 3. The van der Waals surface area contributed by atoms with E-state index in [4.69, 9.17) is 0 Å². The maximum atomic E-state index is 13.2. The molecule has 0 aliphatic carbocycles. The molecule has 1 aromatic carbocycles. The van der Waals surface area contributed by atoms with E-state index in [1.807, 2.05) is 19.0 Å². The molecule has 0 atom stereocenters. The average molecular weight is 509 g/mol.